The molecule has 1 aliphatic heterocycles. The summed E-state index contributed by atoms with van der Waals surface area (Å²) in [6, 6.07) is 21.0. The van der Waals surface area contributed by atoms with Gasteiger partial charge in [0.05, 0.1) is 19.1 Å². The number of hydrogen-bond donors (Lipinski definition) is 2. The normalized spacial score (nSPS) is 14.2. The van der Waals surface area contributed by atoms with E-state index in [0.29, 0.717) is 12.2 Å². The number of carbonyl (C=O) groups is 2. The number of amides is 1. The lowest BCUT2D eigenvalue weighted by atomic mass is 9.94. The van der Waals surface area contributed by atoms with Crippen molar-refractivity contribution in [2.24, 2.45) is 0 Å². The molecule has 0 bridgehead atoms. The van der Waals surface area contributed by atoms with Gasteiger partial charge in [-0.25, -0.2) is 4.79 Å². The predicted molar refractivity (Wildman–Crippen MR) is 142 cm³/mol. The Morgan fingerprint density at radius 3 is 2.44 bits per heavy atom. The number of carbonyl (C=O) groups excluding carboxylic acids is 1. The molecule has 1 amide bonds. The fourth-order valence-electron chi connectivity index (χ4n) is 4.82. The number of ether oxygens (including phenoxy) is 1. The Balaban J connectivity index is 1.64. The van der Waals surface area contributed by atoms with Gasteiger partial charge >= 0.3 is 5.97 Å². The van der Waals surface area contributed by atoms with Crippen LogP contribution in [0.4, 0.5) is 5.69 Å². The maximum Gasteiger partial charge on any atom is 0.339 e. The van der Waals surface area contributed by atoms with Crippen molar-refractivity contribution in [2.75, 3.05) is 24.6 Å². The number of nitrogens with zero attached hydrogens (tertiary/aromatic N) is 1. The van der Waals surface area contributed by atoms with Gasteiger partial charge in [-0.1, -0.05) is 48.5 Å². The molecule has 1 unspecified atom stereocenters. The van der Waals surface area contributed by atoms with E-state index in [-0.39, 0.29) is 29.7 Å². The summed E-state index contributed by atoms with van der Waals surface area (Å²) >= 11 is 0. The predicted octanol–water partition coefficient (Wildman–Crippen LogP) is 5.53. The Labute approximate surface area is 212 Å². The van der Waals surface area contributed by atoms with Gasteiger partial charge in [0.1, 0.15) is 11.3 Å². The fourth-order valence-corrected chi connectivity index (χ4v) is 4.82. The molecule has 0 radical (unpaired) electrons. The fraction of sp³-hybridized carbons (Fsp3) is 0.333. The molecule has 6 nitrogen and oxygen atoms in total. The minimum atomic E-state index is -1.05. The van der Waals surface area contributed by atoms with E-state index in [2.05, 4.69) is 35.3 Å². The average Bonchev–Trinajstić information content (AvgIpc) is 2.89. The average molecular weight is 487 g/mol. The molecule has 0 spiro atoms. The first-order valence-electron chi connectivity index (χ1n) is 12.6. The van der Waals surface area contributed by atoms with Gasteiger partial charge in [0, 0.05) is 24.3 Å². The first kappa shape index (κ1) is 25.3. The number of benzene rings is 3. The number of nitrogens with one attached hydrogen (secondary N) is 1. The molecule has 4 rings (SSSR count). The lowest BCUT2D eigenvalue weighted by molar-refractivity contribution is -0.120. The Hall–Kier alpha value is -3.80. The number of hydrogen-bond acceptors (Lipinski definition) is 4. The molecule has 0 aliphatic carbocycles. The molecule has 36 heavy (non-hydrogen) atoms. The molecule has 6 heteroatoms. The van der Waals surface area contributed by atoms with E-state index in [9.17, 15) is 14.7 Å². The van der Waals surface area contributed by atoms with Gasteiger partial charge < -0.3 is 20.1 Å². The zero-order valence-corrected chi connectivity index (χ0v) is 21.0. The highest BCUT2D eigenvalue weighted by atomic mass is 16.5. The third-order valence-electron chi connectivity index (χ3n) is 6.57. The molecular formula is C30H34N2O4. The summed E-state index contributed by atoms with van der Waals surface area (Å²) in [4.78, 5) is 27.3. The maximum absolute atomic E-state index is 13.3. The van der Waals surface area contributed by atoms with E-state index in [0.717, 1.165) is 24.2 Å². The molecule has 0 aromatic heterocycles. The van der Waals surface area contributed by atoms with E-state index >= 15 is 0 Å². The highest BCUT2D eigenvalue weighted by Gasteiger charge is 2.24. The molecule has 3 aromatic rings. The lowest BCUT2D eigenvalue weighted by Crippen LogP contribution is -2.34. The first-order chi connectivity index (χ1) is 17.5. The Morgan fingerprint density at radius 1 is 1.00 bits per heavy atom. The van der Waals surface area contributed by atoms with Gasteiger partial charge in [0.15, 0.2) is 0 Å². The monoisotopic (exact) mass is 486 g/mol. The van der Waals surface area contributed by atoms with Crippen LogP contribution in [0.3, 0.4) is 0 Å². The van der Waals surface area contributed by atoms with Crippen molar-refractivity contribution < 1.29 is 19.4 Å². The minimum absolute atomic E-state index is 0.0917. The van der Waals surface area contributed by atoms with Crippen molar-refractivity contribution in [2.45, 2.75) is 45.6 Å². The van der Waals surface area contributed by atoms with Crippen molar-refractivity contribution in [1.82, 2.24) is 5.32 Å². The quantitative estimate of drug-likeness (QED) is 0.416. The second kappa shape index (κ2) is 11.8. The van der Waals surface area contributed by atoms with Crippen LogP contribution in [0, 0.1) is 6.92 Å². The largest absolute Gasteiger partial charge is 0.493 e. The van der Waals surface area contributed by atoms with Crippen LogP contribution in [0.15, 0.2) is 66.7 Å². The van der Waals surface area contributed by atoms with Crippen molar-refractivity contribution in [3.8, 4) is 5.75 Å². The van der Waals surface area contributed by atoms with Gasteiger partial charge in [-0.3, -0.25) is 4.79 Å². The third-order valence-corrected chi connectivity index (χ3v) is 6.57. The summed E-state index contributed by atoms with van der Waals surface area (Å²) in [5.41, 5.74) is 5.26. The van der Waals surface area contributed by atoms with Crippen LogP contribution < -0.4 is 15.0 Å². The Kier molecular flexibility index (Phi) is 8.26. The van der Waals surface area contributed by atoms with Gasteiger partial charge in [0.2, 0.25) is 5.91 Å². The Bertz CT molecular complexity index is 1200. The zero-order chi connectivity index (χ0) is 25.5. The molecular weight excluding hydrogens is 452 g/mol. The smallest absolute Gasteiger partial charge is 0.339 e. The van der Waals surface area contributed by atoms with E-state index in [1.165, 1.54) is 36.6 Å². The lowest BCUT2D eigenvalue weighted by Gasteiger charge is -2.33. The molecule has 1 heterocycles. The molecule has 1 aliphatic rings. The van der Waals surface area contributed by atoms with Crippen LogP contribution in [0.25, 0.3) is 0 Å². The third kappa shape index (κ3) is 6.06. The Morgan fingerprint density at radius 2 is 1.75 bits per heavy atom. The van der Waals surface area contributed by atoms with E-state index in [4.69, 9.17) is 4.74 Å². The highest BCUT2D eigenvalue weighted by Crippen LogP contribution is 2.33. The molecule has 2 N–H and O–H groups in total. The van der Waals surface area contributed by atoms with Crippen molar-refractivity contribution in [1.29, 1.82) is 0 Å². The van der Waals surface area contributed by atoms with Crippen LogP contribution in [0.2, 0.25) is 0 Å². The standard InChI is InChI=1S/C30H34N2O4/c1-3-36-27-19-22(13-15-25(27)30(34)35)20-28(33)31-29(23-10-6-4-7-11-23)24-14-12-21(2)18-26(24)32-16-8-5-9-17-32/h4,6-7,10-15,18-19,29H,3,5,8-9,16-17,20H2,1-2H3,(H,31,33)(H,34,35). The number of piperidine rings is 1. The molecule has 1 fully saturated rings. The van der Waals surface area contributed by atoms with Crippen LogP contribution in [0.5, 0.6) is 5.75 Å². The maximum atomic E-state index is 13.3. The van der Waals surface area contributed by atoms with Crippen molar-refractivity contribution >= 4 is 17.6 Å². The van der Waals surface area contributed by atoms with Gasteiger partial charge in [-0.2, -0.15) is 0 Å². The van der Waals surface area contributed by atoms with Gasteiger partial charge in [-0.15, -0.1) is 0 Å². The van der Waals surface area contributed by atoms with Crippen LogP contribution >= 0.6 is 0 Å². The number of carboxylic acids is 1. The van der Waals surface area contributed by atoms with E-state index in [1.807, 2.05) is 30.3 Å². The van der Waals surface area contributed by atoms with Crippen molar-refractivity contribution in [3.05, 3.63) is 94.5 Å². The van der Waals surface area contributed by atoms with Crippen molar-refractivity contribution in [3.63, 3.8) is 0 Å². The molecule has 1 atom stereocenters. The van der Waals surface area contributed by atoms with Gasteiger partial charge in [-0.05, 0) is 68.0 Å². The van der Waals surface area contributed by atoms with Crippen LogP contribution in [-0.2, 0) is 11.2 Å². The number of aryl methyl sites for hydroxylation is 1. The summed E-state index contributed by atoms with van der Waals surface area (Å²) in [5, 5.41) is 12.7. The topological polar surface area (TPSA) is 78.9 Å². The summed E-state index contributed by atoms with van der Waals surface area (Å²) in [7, 11) is 0. The van der Waals surface area contributed by atoms with E-state index < -0.39 is 5.97 Å². The number of rotatable bonds is 9. The van der Waals surface area contributed by atoms with Crippen LogP contribution in [0.1, 0.15) is 64.8 Å². The molecule has 3 aromatic carbocycles. The summed E-state index contributed by atoms with van der Waals surface area (Å²) in [6.07, 6.45) is 3.71. The molecule has 188 valence electrons. The summed E-state index contributed by atoms with van der Waals surface area (Å²) in [6.45, 7) is 6.28. The van der Waals surface area contributed by atoms with Crippen LogP contribution in [-0.4, -0.2) is 36.7 Å². The first-order valence-corrected chi connectivity index (χ1v) is 12.6. The SMILES string of the molecule is CCOc1cc(CC(=O)NC(c2ccccc2)c2ccc(C)cc2N2CCCCC2)ccc1C(=O)O. The van der Waals surface area contributed by atoms with E-state index in [1.54, 1.807) is 19.1 Å². The molecule has 1 saturated heterocycles. The summed E-state index contributed by atoms with van der Waals surface area (Å²) in [5.74, 6) is -0.913. The highest BCUT2D eigenvalue weighted by molar-refractivity contribution is 5.91. The second-order valence-electron chi connectivity index (χ2n) is 9.27. The van der Waals surface area contributed by atoms with Gasteiger partial charge in [0.25, 0.3) is 0 Å². The second-order valence-corrected chi connectivity index (χ2v) is 9.27. The minimum Gasteiger partial charge on any atom is -0.493 e. The number of aromatic carboxylic acids is 1. The summed E-state index contributed by atoms with van der Waals surface area (Å²) < 4.78 is 5.52. The number of carboxylic acid groups (broad SMARTS) is 1. The molecule has 0 saturated carbocycles. The number of anilines is 1. The zero-order valence-electron chi connectivity index (χ0n) is 21.0.